The Kier molecular flexibility index (Phi) is 2.20. The van der Waals surface area contributed by atoms with Crippen LogP contribution in [0.1, 0.15) is 5.56 Å². The first-order valence-electron chi connectivity index (χ1n) is 2.55. The van der Waals surface area contributed by atoms with Gasteiger partial charge in [-0.2, -0.15) is 0 Å². The molecule has 0 atom stereocenters. The second kappa shape index (κ2) is 2.95. The Morgan fingerprint density at radius 1 is 1.22 bits per heavy atom. The van der Waals surface area contributed by atoms with E-state index in [-0.39, 0.29) is 0 Å². The SMILES string of the molecule is S=C(Cl)c1ccccc1. The highest BCUT2D eigenvalue weighted by molar-refractivity contribution is 7.83. The van der Waals surface area contributed by atoms with Gasteiger partial charge in [0.2, 0.25) is 0 Å². The molecule has 0 aromatic heterocycles. The van der Waals surface area contributed by atoms with E-state index in [1.807, 2.05) is 30.3 Å². The fraction of sp³-hybridized carbons (Fsp3) is 0. The van der Waals surface area contributed by atoms with E-state index in [4.69, 9.17) is 23.8 Å². The first kappa shape index (κ1) is 6.72. The normalized spacial score (nSPS) is 9.00. The zero-order valence-electron chi connectivity index (χ0n) is 4.67. The zero-order valence-corrected chi connectivity index (χ0v) is 6.25. The van der Waals surface area contributed by atoms with Crippen LogP contribution in [-0.2, 0) is 0 Å². The molecule has 0 aliphatic heterocycles. The molecule has 0 amide bonds. The lowest BCUT2D eigenvalue weighted by Gasteiger charge is -1.90. The number of rotatable bonds is 1. The third-order valence-electron chi connectivity index (χ3n) is 1.00. The van der Waals surface area contributed by atoms with E-state index in [9.17, 15) is 0 Å². The fourth-order valence-corrected chi connectivity index (χ4v) is 0.831. The van der Waals surface area contributed by atoms with Crippen molar-refractivity contribution in [1.82, 2.24) is 0 Å². The second-order valence-electron chi connectivity index (χ2n) is 1.64. The van der Waals surface area contributed by atoms with Crippen molar-refractivity contribution in [2.75, 3.05) is 0 Å². The number of halogens is 1. The van der Waals surface area contributed by atoms with Crippen molar-refractivity contribution in [2.45, 2.75) is 0 Å². The Hall–Kier alpha value is -0.400. The van der Waals surface area contributed by atoms with Crippen molar-refractivity contribution in [3.8, 4) is 0 Å². The van der Waals surface area contributed by atoms with Gasteiger partial charge in [-0.3, -0.25) is 0 Å². The smallest absolute Gasteiger partial charge is 0.0709 e. The van der Waals surface area contributed by atoms with E-state index in [2.05, 4.69) is 0 Å². The predicted molar refractivity (Wildman–Crippen MR) is 44.0 cm³/mol. The molecule has 0 nitrogen and oxygen atoms in total. The van der Waals surface area contributed by atoms with E-state index >= 15 is 0 Å². The fourth-order valence-electron chi connectivity index (χ4n) is 0.569. The van der Waals surface area contributed by atoms with Crippen LogP contribution in [0, 0.1) is 0 Å². The molecule has 0 radical (unpaired) electrons. The van der Waals surface area contributed by atoms with Gasteiger partial charge < -0.3 is 0 Å². The van der Waals surface area contributed by atoms with E-state index in [1.54, 1.807) is 0 Å². The summed E-state index contributed by atoms with van der Waals surface area (Å²) in [7, 11) is 0. The summed E-state index contributed by atoms with van der Waals surface area (Å²) in [5.74, 6) is 0. The monoisotopic (exact) mass is 156 g/mol. The van der Waals surface area contributed by atoms with E-state index in [1.165, 1.54) is 0 Å². The van der Waals surface area contributed by atoms with Crippen LogP contribution in [-0.4, -0.2) is 4.32 Å². The minimum Gasteiger partial charge on any atom is -0.0709 e. The maximum absolute atomic E-state index is 5.53. The minimum atomic E-state index is 0.426. The first-order chi connectivity index (χ1) is 4.30. The third kappa shape index (κ3) is 1.77. The van der Waals surface area contributed by atoms with Gasteiger partial charge >= 0.3 is 0 Å². The molecule has 0 saturated heterocycles. The highest BCUT2D eigenvalue weighted by atomic mass is 35.5. The number of benzene rings is 1. The molecule has 0 spiro atoms. The molecule has 2 heteroatoms. The zero-order chi connectivity index (χ0) is 6.69. The van der Waals surface area contributed by atoms with Crippen LogP contribution in [0.3, 0.4) is 0 Å². The molecule has 0 unspecified atom stereocenters. The van der Waals surface area contributed by atoms with Gasteiger partial charge in [0.15, 0.2) is 0 Å². The molecule has 1 aromatic rings. The van der Waals surface area contributed by atoms with E-state index < -0.39 is 0 Å². The lowest BCUT2D eigenvalue weighted by Crippen LogP contribution is -1.82. The van der Waals surface area contributed by atoms with Gasteiger partial charge in [-0.15, -0.1) is 0 Å². The average Bonchev–Trinajstić information content (AvgIpc) is 1.90. The summed E-state index contributed by atoms with van der Waals surface area (Å²) in [6.07, 6.45) is 0. The van der Waals surface area contributed by atoms with E-state index in [0.717, 1.165) is 5.56 Å². The van der Waals surface area contributed by atoms with Crippen LogP contribution in [0.25, 0.3) is 0 Å². The molecule has 0 heterocycles. The molecule has 9 heavy (non-hydrogen) atoms. The third-order valence-corrected chi connectivity index (χ3v) is 1.45. The van der Waals surface area contributed by atoms with Crippen molar-refractivity contribution in [2.24, 2.45) is 0 Å². The van der Waals surface area contributed by atoms with Gasteiger partial charge in [0.25, 0.3) is 0 Å². The summed E-state index contributed by atoms with van der Waals surface area (Å²) in [6, 6.07) is 9.51. The lowest BCUT2D eigenvalue weighted by atomic mass is 10.2. The molecule has 0 aliphatic carbocycles. The van der Waals surface area contributed by atoms with Crippen molar-refractivity contribution < 1.29 is 0 Å². The summed E-state index contributed by atoms with van der Waals surface area (Å²) in [5.41, 5.74) is 0.911. The number of hydrogen-bond donors (Lipinski definition) is 0. The molecule has 0 saturated carbocycles. The Balaban J connectivity index is 2.98. The Morgan fingerprint density at radius 3 is 2.11 bits per heavy atom. The Morgan fingerprint density at radius 2 is 1.78 bits per heavy atom. The van der Waals surface area contributed by atoms with Crippen molar-refractivity contribution in [1.29, 1.82) is 0 Å². The summed E-state index contributed by atoms with van der Waals surface area (Å²) < 4.78 is 0.426. The molecule has 1 rings (SSSR count). The van der Waals surface area contributed by atoms with Crippen LogP contribution in [0.4, 0.5) is 0 Å². The molecule has 1 aromatic carbocycles. The molecule has 0 N–H and O–H groups in total. The average molecular weight is 157 g/mol. The van der Waals surface area contributed by atoms with Gasteiger partial charge in [0, 0.05) is 5.56 Å². The van der Waals surface area contributed by atoms with Gasteiger partial charge in [0.1, 0.15) is 4.32 Å². The predicted octanol–water partition coefficient (Wildman–Crippen LogP) is 2.60. The molecular formula is C7H5ClS. The van der Waals surface area contributed by atoms with Crippen LogP contribution < -0.4 is 0 Å². The molecule has 0 bridgehead atoms. The van der Waals surface area contributed by atoms with Crippen molar-refractivity contribution in [3.05, 3.63) is 35.9 Å². The Labute approximate surface area is 64.5 Å². The Bertz CT molecular complexity index is 205. The second-order valence-corrected chi connectivity index (χ2v) is 2.65. The van der Waals surface area contributed by atoms with Gasteiger partial charge in [-0.25, -0.2) is 0 Å². The minimum absolute atomic E-state index is 0.426. The summed E-state index contributed by atoms with van der Waals surface area (Å²) in [4.78, 5) is 0. The van der Waals surface area contributed by atoms with Gasteiger partial charge in [-0.1, -0.05) is 54.2 Å². The van der Waals surface area contributed by atoms with Gasteiger partial charge in [0.05, 0.1) is 0 Å². The topological polar surface area (TPSA) is 0 Å². The first-order valence-corrected chi connectivity index (χ1v) is 3.34. The standard InChI is InChI=1S/C7H5ClS/c8-7(9)6-4-2-1-3-5-6/h1-5H. The van der Waals surface area contributed by atoms with E-state index in [0.29, 0.717) is 4.32 Å². The molecule has 0 aliphatic rings. The molecular weight excluding hydrogens is 152 g/mol. The molecule has 46 valence electrons. The summed E-state index contributed by atoms with van der Waals surface area (Å²) >= 11 is 10.3. The van der Waals surface area contributed by atoms with Crippen LogP contribution in [0.15, 0.2) is 30.3 Å². The maximum atomic E-state index is 5.53. The molecule has 0 fully saturated rings. The number of thiocarbonyl (C=S) groups is 1. The largest absolute Gasteiger partial charge is 0.111 e. The summed E-state index contributed by atoms with van der Waals surface area (Å²) in [5, 5.41) is 0. The van der Waals surface area contributed by atoms with Gasteiger partial charge in [-0.05, 0) is 0 Å². The van der Waals surface area contributed by atoms with Crippen LogP contribution >= 0.6 is 23.8 Å². The maximum Gasteiger partial charge on any atom is 0.111 e. The number of hydrogen-bond acceptors (Lipinski definition) is 1. The lowest BCUT2D eigenvalue weighted by molar-refractivity contribution is 1.69. The highest BCUT2D eigenvalue weighted by Gasteiger charge is 1.91. The van der Waals surface area contributed by atoms with Crippen LogP contribution in [0.2, 0.25) is 0 Å². The quantitative estimate of drug-likeness (QED) is 0.445. The summed E-state index contributed by atoms with van der Waals surface area (Å²) in [6.45, 7) is 0. The van der Waals surface area contributed by atoms with Crippen LogP contribution in [0.5, 0.6) is 0 Å². The highest BCUT2D eigenvalue weighted by Crippen LogP contribution is 2.03. The van der Waals surface area contributed by atoms with Crippen molar-refractivity contribution >= 4 is 28.1 Å². The van der Waals surface area contributed by atoms with Crippen molar-refractivity contribution in [3.63, 3.8) is 0 Å².